The van der Waals surface area contributed by atoms with E-state index >= 15 is 0 Å². The third-order valence-corrected chi connectivity index (χ3v) is 7.02. The first-order valence-corrected chi connectivity index (χ1v) is 10.9. The molecule has 0 radical (unpaired) electrons. The van der Waals surface area contributed by atoms with Crippen molar-refractivity contribution >= 4 is 27.5 Å². The zero-order valence-electron chi connectivity index (χ0n) is 14.0. The van der Waals surface area contributed by atoms with Crippen molar-refractivity contribution in [2.75, 3.05) is 25.9 Å². The summed E-state index contributed by atoms with van der Waals surface area (Å²) in [5.74, 6) is 1.50. The molecular formula is C18H28N2OS2. The fourth-order valence-corrected chi connectivity index (χ4v) is 5.70. The molecule has 1 aliphatic heterocycles. The minimum Gasteiger partial charge on any atom is -0.355 e. The van der Waals surface area contributed by atoms with Crippen molar-refractivity contribution in [1.82, 2.24) is 10.2 Å². The van der Waals surface area contributed by atoms with Crippen LogP contribution >= 0.6 is 21.6 Å². The number of carbonyl (C=O) groups is 1. The summed E-state index contributed by atoms with van der Waals surface area (Å²) in [6, 6.07) is 10.4. The van der Waals surface area contributed by atoms with Crippen LogP contribution in [0, 0.1) is 0 Å². The molecule has 1 atom stereocenters. The van der Waals surface area contributed by atoms with Gasteiger partial charge in [0.1, 0.15) is 0 Å². The van der Waals surface area contributed by atoms with Gasteiger partial charge in [-0.2, -0.15) is 0 Å². The van der Waals surface area contributed by atoms with Crippen LogP contribution in [0.3, 0.4) is 0 Å². The predicted octanol–water partition coefficient (Wildman–Crippen LogP) is 3.95. The average molecular weight is 353 g/mol. The quantitative estimate of drug-likeness (QED) is 0.510. The van der Waals surface area contributed by atoms with Crippen LogP contribution in [0.15, 0.2) is 30.3 Å². The van der Waals surface area contributed by atoms with Crippen LogP contribution in [0.25, 0.3) is 0 Å². The molecule has 23 heavy (non-hydrogen) atoms. The van der Waals surface area contributed by atoms with Gasteiger partial charge in [-0.25, -0.2) is 0 Å². The summed E-state index contributed by atoms with van der Waals surface area (Å²) in [6.45, 7) is 2.54. The molecule has 0 saturated carbocycles. The number of rotatable bonds is 10. The molecule has 1 heterocycles. The van der Waals surface area contributed by atoms with E-state index in [1.54, 1.807) is 0 Å². The lowest BCUT2D eigenvalue weighted by Gasteiger charge is -2.17. The number of benzene rings is 1. The molecule has 1 saturated heterocycles. The molecule has 1 aliphatic rings. The van der Waals surface area contributed by atoms with Crippen LogP contribution < -0.4 is 5.32 Å². The van der Waals surface area contributed by atoms with E-state index in [9.17, 15) is 4.79 Å². The topological polar surface area (TPSA) is 32.3 Å². The Balaban J connectivity index is 1.47. The molecule has 3 nitrogen and oxygen atoms in total. The van der Waals surface area contributed by atoms with Crippen LogP contribution in [-0.4, -0.2) is 41.9 Å². The first-order valence-electron chi connectivity index (χ1n) is 8.51. The number of nitrogens with one attached hydrogen (secondary N) is 1. The van der Waals surface area contributed by atoms with E-state index < -0.39 is 0 Å². The van der Waals surface area contributed by atoms with Crippen molar-refractivity contribution in [3.63, 3.8) is 0 Å². The highest BCUT2D eigenvalue weighted by Gasteiger charge is 2.15. The Hall–Kier alpha value is -0.650. The van der Waals surface area contributed by atoms with Crippen LogP contribution in [0.1, 0.15) is 37.7 Å². The van der Waals surface area contributed by atoms with Gasteiger partial charge in [-0.1, -0.05) is 58.3 Å². The van der Waals surface area contributed by atoms with Gasteiger partial charge < -0.3 is 10.2 Å². The van der Waals surface area contributed by atoms with Gasteiger partial charge in [0.05, 0.1) is 0 Å². The number of nitrogens with zero attached hydrogens (tertiary/aromatic N) is 1. The van der Waals surface area contributed by atoms with E-state index in [0.29, 0.717) is 6.42 Å². The molecule has 1 amide bonds. The summed E-state index contributed by atoms with van der Waals surface area (Å²) in [7, 11) is 6.12. The monoisotopic (exact) mass is 352 g/mol. The third-order valence-electron chi connectivity index (χ3n) is 4.02. The summed E-state index contributed by atoms with van der Waals surface area (Å²) in [4.78, 5) is 14.1. The first-order chi connectivity index (χ1) is 11.2. The van der Waals surface area contributed by atoms with E-state index in [0.717, 1.165) is 31.3 Å². The minimum absolute atomic E-state index is 0.201. The zero-order valence-corrected chi connectivity index (χ0v) is 15.6. The van der Waals surface area contributed by atoms with Crippen molar-refractivity contribution in [3.05, 3.63) is 35.9 Å². The smallest absolute Gasteiger partial charge is 0.220 e. The number of unbranched alkanes of at least 4 members (excludes halogenated alkanes) is 1. The van der Waals surface area contributed by atoms with Crippen molar-refractivity contribution < 1.29 is 4.79 Å². The highest BCUT2D eigenvalue weighted by atomic mass is 33.1. The van der Waals surface area contributed by atoms with E-state index in [1.165, 1.54) is 30.6 Å². The maximum absolute atomic E-state index is 11.8. The molecule has 1 fully saturated rings. The second kappa shape index (κ2) is 11.0. The van der Waals surface area contributed by atoms with Gasteiger partial charge >= 0.3 is 0 Å². The molecule has 0 bridgehead atoms. The van der Waals surface area contributed by atoms with E-state index in [-0.39, 0.29) is 5.91 Å². The second-order valence-corrected chi connectivity index (χ2v) is 8.94. The molecular weight excluding hydrogens is 324 g/mol. The molecule has 128 valence electrons. The van der Waals surface area contributed by atoms with Crippen molar-refractivity contribution in [3.8, 4) is 0 Å². The van der Waals surface area contributed by atoms with Crippen molar-refractivity contribution in [2.45, 2.75) is 43.9 Å². The first kappa shape index (κ1) is 18.7. The molecule has 1 aromatic rings. The Morgan fingerprint density at radius 2 is 2.13 bits per heavy atom. The fraction of sp³-hybridized carbons (Fsp3) is 0.611. The maximum Gasteiger partial charge on any atom is 0.220 e. The van der Waals surface area contributed by atoms with Gasteiger partial charge in [-0.3, -0.25) is 4.79 Å². The molecule has 5 heteroatoms. The number of amides is 1. The highest BCUT2D eigenvalue weighted by molar-refractivity contribution is 8.77. The number of hydrogen-bond acceptors (Lipinski definition) is 4. The van der Waals surface area contributed by atoms with Gasteiger partial charge in [-0.05, 0) is 31.9 Å². The third kappa shape index (κ3) is 8.13. The van der Waals surface area contributed by atoms with E-state index in [1.807, 2.05) is 27.7 Å². The summed E-state index contributed by atoms with van der Waals surface area (Å²) in [5.41, 5.74) is 1.31. The Labute approximate surface area is 148 Å². The molecule has 0 spiro atoms. The summed E-state index contributed by atoms with van der Waals surface area (Å²) >= 11 is 0. The maximum atomic E-state index is 11.8. The molecule has 1 aromatic carbocycles. The summed E-state index contributed by atoms with van der Waals surface area (Å²) in [6.07, 6.45) is 5.49. The molecule has 1 N–H and O–H groups in total. The van der Waals surface area contributed by atoms with Crippen LogP contribution in [0.5, 0.6) is 0 Å². The fourth-order valence-electron chi connectivity index (χ4n) is 2.67. The molecule has 0 aliphatic carbocycles. The normalized spacial score (nSPS) is 17.6. The van der Waals surface area contributed by atoms with E-state index in [2.05, 4.69) is 41.5 Å². The van der Waals surface area contributed by atoms with Crippen LogP contribution in [-0.2, 0) is 11.3 Å². The minimum atomic E-state index is 0.201. The van der Waals surface area contributed by atoms with Gasteiger partial charge in [0.25, 0.3) is 0 Å². The molecule has 0 aromatic heterocycles. The largest absolute Gasteiger partial charge is 0.355 e. The SMILES string of the molecule is CN(CCNC(=O)CCCCC1CCSS1)Cc1ccccc1. The molecule has 1 unspecified atom stereocenters. The van der Waals surface area contributed by atoms with Crippen molar-refractivity contribution in [1.29, 1.82) is 0 Å². The Morgan fingerprint density at radius 1 is 1.30 bits per heavy atom. The second-order valence-electron chi connectivity index (χ2n) is 6.15. The average Bonchev–Trinajstić information content (AvgIpc) is 3.06. The number of carbonyl (C=O) groups excluding carboxylic acids is 1. The lowest BCUT2D eigenvalue weighted by Crippen LogP contribution is -2.32. The highest BCUT2D eigenvalue weighted by Crippen LogP contribution is 2.39. The van der Waals surface area contributed by atoms with Gasteiger partial charge in [0.2, 0.25) is 5.91 Å². The number of likely N-dealkylation sites (N-methyl/N-ethyl adjacent to an activating group) is 1. The Morgan fingerprint density at radius 3 is 2.87 bits per heavy atom. The van der Waals surface area contributed by atoms with Crippen molar-refractivity contribution in [2.24, 2.45) is 0 Å². The lowest BCUT2D eigenvalue weighted by atomic mass is 10.1. The van der Waals surface area contributed by atoms with Gasteiger partial charge in [0.15, 0.2) is 0 Å². The summed E-state index contributed by atoms with van der Waals surface area (Å²) < 4.78 is 0. The Bertz CT molecular complexity index is 450. The Kier molecular flexibility index (Phi) is 8.94. The van der Waals surface area contributed by atoms with Crippen LogP contribution in [0.4, 0.5) is 0 Å². The summed E-state index contributed by atoms with van der Waals surface area (Å²) in [5, 5.41) is 3.87. The lowest BCUT2D eigenvalue weighted by molar-refractivity contribution is -0.121. The molecule has 2 rings (SSSR count). The van der Waals surface area contributed by atoms with Gasteiger partial charge in [-0.15, -0.1) is 0 Å². The van der Waals surface area contributed by atoms with Gasteiger partial charge in [0, 0.05) is 37.1 Å². The standard InChI is InChI=1S/C18H28N2OS2/c1-20(15-16-7-3-2-4-8-16)13-12-19-18(21)10-6-5-9-17-11-14-22-23-17/h2-4,7-8,17H,5-6,9-15H2,1H3,(H,19,21). The van der Waals surface area contributed by atoms with E-state index in [4.69, 9.17) is 0 Å². The van der Waals surface area contributed by atoms with Crippen LogP contribution in [0.2, 0.25) is 0 Å². The zero-order chi connectivity index (χ0) is 16.3. The number of hydrogen-bond donors (Lipinski definition) is 1. The predicted molar refractivity (Wildman–Crippen MR) is 103 cm³/mol.